The Morgan fingerprint density at radius 2 is 2.26 bits per heavy atom. The average molecular weight is 259 g/mol. The zero-order chi connectivity index (χ0) is 13.5. The average Bonchev–Trinajstić information content (AvgIpc) is 2.71. The number of benzene rings is 1. The van der Waals surface area contributed by atoms with E-state index in [4.69, 9.17) is 0 Å². The number of para-hydroxylation sites is 1. The Morgan fingerprint density at radius 1 is 1.47 bits per heavy atom. The molecule has 4 heteroatoms. The quantitative estimate of drug-likeness (QED) is 0.859. The maximum Gasteiger partial charge on any atom is 0.0753 e. The highest BCUT2D eigenvalue weighted by Crippen LogP contribution is 2.30. The van der Waals surface area contributed by atoms with Gasteiger partial charge < -0.3 is 10.4 Å². The molecule has 0 bridgehead atoms. The van der Waals surface area contributed by atoms with Crippen molar-refractivity contribution in [1.29, 1.82) is 0 Å². The molecule has 2 aromatic rings. The van der Waals surface area contributed by atoms with Crippen LogP contribution >= 0.6 is 0 Å². The monoisotopic (exact) mass is 259 g/mol. The smallest absolute Gasteiger partial charge is 0.0753 e. The van der Waals surface area contributed by atoms with E-state index in [2.05, 4.69) is 29.5 Å². The van der Waals surface area contributed by atoms with Crippen LogP contribution in [-0.2, 0) is 13.5 Å². The van der Waals surface area contributed by atoms with Crippen molar-refractivity contribution in [2.24, 2.45) is 13.0 Å². The Labute approximate surface area is 113 Å². The van der Waals surface area contributed by atoms with Crippen molar-refractivity contribution >= 4 is 10.9 Å². The molecule has 2 unspecified atom stereocenters. The van der Waals surface area contributed by atoms with Crippen molar-refractivity contribution in [2.75, 3.05) is 13.1 Å². The number of fused-ring (bicyclic) bond motifs is 1. The van der Waals surface area contributed by atoms with Crippen LogP contribution in [0.3, 0.4) is 0 Å². The molecule has 0 aliphatic carbocycles. The summed E-state index contributed by atoms with van der Waals surface area (Å²) in [5.74, 6) is 0.252. The summed E-state index contributed by atoms with van der Waals surface area (Å²) >= 11 is 0. The largest absolute Gasteiger partial charge is 0.389 e. The van der Waals surface area contributed by atoms with Gasteiger partial charge in [0.05, 0.1) is 16.8 Å². The van der Waals surface area contributed by atoms with Crippen LogP contribution in [0.15, 0.2) is 24.3 Å². The van der Waals surface area contributed by atoms with E-state index in [1.165, 1.54) is 0 Å². The minimum absolute atomic E-state index is 0.252. The van der Waals surface area contributed by atoms with E-state index in [1.807, 2.05) is 23.9 Å². The lowest BCUT2D eigenvalue weighted by molar-refractivity contribution is -0.0335. The molecule has 1 fully saturated rings. The van der Waals surface area contributed by atoms with Gasteiger partial charge in [-0.15, -0.1) is 0 Å². The minimum atomic E-state index is -0.637. The SMILES string of the molecule is CC1CNCCC1(O)Cc1nn(C)c2ccccc12. The number of aryl methyl sites for hydroxylation is 1. The fourth-order valence-electron chi connectivity index (χ4n) is 3.03. The fraction of sp³-hybridized carbons (Fsp3) is 0.533. The Balaban J connectivity index is 1.97. The van der Waals surface area contributed by atoms with Gasteiger partial charge in [-0.3, -0.25) is 4.68 Å². The molecule has 0 saturated carbocycles. The lowest BCUT2D eigenvalue weighted by Gasteiger charge is -2.38. The molecule has 1 saturated heterocycles. The maximum atomic E-state index is 10.9. The molecule has 1 aromatic heterocycles. The van der Waals surface area contributed by atoms with Crippen LogP contribution in [0.2, 0.25) is 0 Å². The van der Waals surface area contributed by atoms with Gasteiger partial charge in [0.2, 0.25) is 0 Å². The highest BCUT2D eigenvalue weighted by Gasteiger charge is 2.37. The van der Waals surface area contributed by atoms with Crippen molar-refractivity contribution in [3.63, 3.8) is 0 Å². The Hall–Kier alpha value is -1.39. The van der Waals surface area contributed by atoms with Gasteiger partial charge in [0.25, 0.3) is 0 Å². The fourth-order valence-corrected chi connectivity index (χ4v) is 3.03. The summed E-state index contributed by atoms with van der Waals surface area (Å²) in [5, 5.41) is 20.0. The van der Waals surface area contributed by atoms with E-state index in [1.54, 1.807) is 0 Å². The Morgan fingerprint density at radius 3 is 3.05 bits per heavy atom. The standard InChI is InChI=1S/C15H21N3O/c1-11-10-16-8-7-15(11,19)9-13-12-5-3-4-6-14(12)18(2)17-13/h3-6,11,16,19H,7-10H2,1-2H3. The second-order valence-corrected chi connectivity index (χ2v) is 5.72. The van der Waals surface area contributed by atoms with E-state index in [0.29, 0.717) is 6.42 Å². The first-order valence-electron chi connectivity index (χ1n) is 6.94. The first-order chi connectivity index (χ1) is 9.10. The molecule has 1 aliphatic heterocycles. The first-order valence-corrected chi connectivity index (χ1v) is 6.94. The molecule has 1 aliphatic rings. The van der Waals surface area contributed by atoms with Crippen LogP contribution in [-0.4, -0.2) is 33.6 Å². The summed E-state index contributed by atoms with van der Waals surface area (Å²) in [5.41, 5.74) is 1.50. The van der Waals surface area contributed by atoms with E-state index in [9.17, 15) is 5.11 Å². The predicted molar refractivity (Wildman–Crippen MR) is 76.0 cm³/mol. The Kier molecular flexibility index (Phi) is 3.07. The number of aromatic nitrogens is 2. The topological polar surface area (TPSA) is 50.1 Å². The van der Waals surface area contributed by atoms with Crippen molar-refractivity contribution in [3.05, 3.63) is 30.0 Å². The first kappa shape index (κ1) is 12.6. The summed E-state index contributed by atoms with van der Waals surface area (Å²) in [6.07, 6.45) is 1.43. The van der Waals surface area contributed by atoms with Crippen LogP contribution in [0.5, 0.6) is 0 Å². The molecule has 0 spiro atoms. The molecule has 102 valence electrons. The van der Waals surface area contributed by atoms with Gasteiger partial charge in [0.1, 0.15) is 0 Å². The number of hydrogen-bond donors (Lipinski definition) is 2. The van der Waals surface area contributed by atoms with Gasteiger partial charge in [-0.05, 0) is 24.9 Å². The van der Waals surface area contributed by atoms with Gasteiger partial charge in [0.15, 0.2) is 0 Å². The number of piperidine rings is 1. The molecule has 2 heterocycles. The second-order valence-electron chi connectivity index (χ2n) is 5.72. The zero-order valence-electron chi connectivity index (χ0n) is 11.6. The van der Waals surface area contributed by atoms with Gasteiger partial charge in [-0.1, -0.05) is 25.1 Å². The number of nitrogens with zero attached hydrogens (tertiary/aromatic N) is 2. The molecule has 0 amide bonds. The second kappa shape index (κ2) is 4.62. The molecule has 2 N–H and O–H groups in total. The minimum Gasteiger partial charge on any atom is -0.389 e. The number of aliphatic hydroxyl groups is 1. The van der Waals surface area contributed by atoms with Gasteiger partial charge >= 0.3 is 0 Å². The Bertz CT molecular complexity index is 592. The number of nitrogens with one attached hydrogen (secondary N) is 1. The van der Waals surface area contributed by atoms with Gasteiger partial charge in [-0.25, -0.2) is 0 Å². The van der Waals surface area contributed by atoms with Crippen molar-refractivity contribution in [1.82, 2.24) is 15.1 Å². The summed E-state index contributed by atoms with van der Waals surface area (Å²) in [4.78, 5) is 0. The number of rotatable bonds is 2. The van der Waals surface area contributed by atoms with E-state index in [-0.39, 0.29) is 5.92 Å². The summed E-state index contributed by atoms with van der Waals surface area (Å²) in [6, 6.07) is 8.22. The van der Waals surface area contributed by atoms with Crippen LogP contribution in [0.4, 0.5) is 0 Å². The van der Waals surface area contributed by atoms with Crippen LogP contribution < -0.4 is 5.32 Å². The van der Waals surface area contributed by atoms with Crippen LogP contribution in [0.1, 0.15) is 19.0 Å². The highest BCUT2D eigenvalue weighted by atomic mass is 16.3. The summed E-state index contributed by atoms with van der Waals surface area (Å²) in [7, 11) is 1.96. The maximum absolute atomic E-state index is 10.9. The van der Waals surface area contributed by atoms with E-state index < -0.39 is 5.60 Å². The molecule has 19 heavy (non-hydrogen) atoms. The van der Waals surface area contributed by atoms with Crippen molar-refractivity contribution < 1.29 is 5.11 Å². The third kappa shape index (κ3) is 2.15. The van der Waals surface area contributed by atoms with Crippen molar-refractivity contribution in [2.45, 2.75) is 25.4 Å². The lowest BCUT2D eigenvalue weighted by Crippen LogP contribution is -2.50. The van der Waals surface area contributed by atoms with Crippen LogP contribution in [0.25, 0.3) is 10.9 Å². The summed E-state index contributed by atoms with van der Waals surface area (Å²) < 4.78 is 1.90. The third-order valence-electron chi connectivity index (χ3n) is 4.41. The molecule has 4 nitrogen and oxygen atoms in total. The molecule has 1 aromatic carbocycles. The third-order valence-corrected chi connectivity index (χ3v) is 4.41. The van der Waals surface area contributed by atoms with Crippen LogP contribution in [0, 0.1) is 5.92 Å². The highest BCUT2D eigenvalue weighted by molar-refractivity contribution is 5.81. The molecule has 0 radical (unpaired) electrons. The summed E-state index contributed by atoms with van der Waals surface area (Å²) in [6.45, 7) is 3.87. The lowest BCUT2D eigenvalue weighted by atomic mass is 9.79. The number of hydrogen-bond acceptors (Lipinski definition) is 3. The van der Waals surface area contributed by atoms with Gasteiger partial charge in [0, 0.05) is 25.4 Å². The molecule has 3 rings (SSSR count). The van der Waals surface area contributed by atoms with Crippen molar-refractivity contribution in [3.8, 4) is 0 Å². The normalized spacial score (nSPS) is 27.8. The zero-order valence-corrected chi connectivity index (χ0v) is 11.6. The molecular weight excluding hydrogens is 238 g/mol. The van der Waals surface area contributed by atoms with E-state index in [0.717, 1.165) is 36.1 Å². The van der Waals surface area contributed by atoms with Gasteiger partial charge in [-0.2, -0.15) is 5.10 Å². The molecule has 2 atom stereocenters. The predicted octanol–water partition coefficient (Wildman–Crippen LogP) is 1.48. The van der Waals surface area contributed by atoms with E-state index >= 15 is 0 Å². The molecular formula is C15H21N3O.